The molecule has 6 heteroatoms. The van der Waals surface area contributed by atoms with Crippen LogP contribution in [0.2, 0.25) is 0 Å². The third kappa shape index (κ3) is 2.37. The van der Waals surface area contributed by atoms with E-state index < -0.39 is 5.82 Å². The molecule has 0 saturated carbocycles. The second kappa shape index (κ2) is 4.93. The molecule has 1 aromatic heterocycles. The van der Waals surface area contributed by atoms with Crippen LogP contribution < -0.4 is 5.32 Å². The zero-order valence-electron chi connectivity index (χ0n) is 9.37. The lowest BCUT2D eigenvalue weighted by Gasteiger charge is -2.03. The van der Waals surface area contributed by atoms with Crippen molar-refractivity contribution in [2.75, 3.05) is 7.05 Å². The van der Waals surface area contributed by atoms with Gasteiger partial charge in [-0.05, 0) is 42.0 Å². The number of nitrogens with one attached hydrogen (secondary N) is 1. The SMILES string of the molecule is CNC(C)c1nnc(-c2c(F)cccc2Br)o1. The van der Waals surface area contributed by atoms with Crippen LogP contribution in [0.15, 0.2) is 27.1 Å². The number of nitrogens with zero attached hydrogens (tertiary/aromatic N) is 2. The van der Waals surface area contributed by atoms with E-state index in [0.717, 1.165) is 0 Å². The van der Waals surface area contributed by atoms with E-state index in [1.165, 1.54) is 6.07 Å². The maximum atomic E-state index is 13.7. The van der Waals surface area contributed by atoms with Crippen LogP contribution in [-0.2, 0) is 0 Å². The lowest BCUT2D eigenvalue weighted by atomic mass is 10.2. The molecule has 4 nitrogen and oxygen atoms in total. The maximum absolute atomic E-state index is 13.7. The van der Waals surface area contributed by atoms with Gasteiger partial charge in [0.15, 0.2) is 0 Å². The van der Waals surface area contributed by atoms with Gasteiger partial charge in [-0.1, -0.05) is 6.07 Å². The van der Waals surface area contributed by atoms with E-state index in [2.05, 4.69) is 31.4 Å². The Bertz CT molecular complexity index is 509. The fourth-order valence-electron chi connectivity index (χ4n) is 1.34. The molecular weight excluding hydrogens is 289 g/mol. The van der Waals surface area contributed by atoms with Crippen LogP contribution in [0.3, 0.4) is 0 Å². The van der Waals surface area contributed by atoms with E-state index in [9.17, 15) is 4.39 Å². The van der Waals surface area contributed by atoms with Crippen LogP contribution in [0.25, 0.3) is 11.5 Å². The van der Waals surface area contributed by atoms with Crippen LogP contribution in [0, 0.1) is 5.82 Å². The normalized spacial score (nSPS) is 12.7. The highest BCUT2D eigenvalue weighted by molar-refractivity contribution is 9.10. The lowest BCUT2D eigenvalue weighted by molar-refractivity contribution is 0.439. The smallest absolute Gasteiger partial charge is 0.251 e. The molecule has 0 bridgehead atoms. The molecule has 0 fully saturated rings. The van der Waals surface area contributed by atoms with E-state index in [0.29, 0.717) is 10.4 Å². The summed E-state index contributed by atoms with van der Waals surface area (Å²) in [6.45, 7) is 1.88. The Hall–Kier alpha value is -1.27. The number of rotatable bonds is 3. The summed E-state index contributed by atoms with van der Waals surface area (Å²) < 4.78 is 19.7. The van der Waals surface area contributed by atoms with Gasteiger partial charge in [0.1, 0.15) is 5.82 Å². The molecule has 1 unspecified atom stereocenters. The fraction of sp³-hybridized carbons (Fsp3) is 0.273. The summed E-state index contributed by atoms with van der Waals surface area (Å²) in [6.07, 6.45) is 0. The van der Waals surface area contributed by atoms with Crippen molar-refractivity contribution in [1.82, 2.24) is 15.5 Å². The van der Waals surface area contributed by atoms with Crippen molar-refractivity contribution < 1.29 is 8.81 Å². The molecule has 0 amide bonds. The summed E-state index contributed by atoms with van der Waals surface area (Å²) in [4.78, 5) is 0. The minimum atomic E-state index is -0.397. The minimum absolute atomic E-state index is 0.0678. The molecule has 0 aliphatic heterocycles. The first kappa shape index (κ1) is 12.2. The molecule has 17 heavy (non-hydrogen) atoms. The average Bonchev–Trinajstić information content (AvgIpc) is 2.77. The van der Waals surface area contributed by atoms with E-state index in [4.69, 9.17) is 4.42 Å². The second-order valence-corrected chi connectivity index (χ2v) is 4.41. The summed E-state index contributed by atoms with van der Waals surface area (Å²) in [5, 5.41) is 10.7. The molecule has 0 aliphatic carbocycles. The zero-order chi connectivity index (χ0) is 12.4. The predicted molar refractivity (Wildman–Crippen MR) is 64.9 cm³/mol. The average molecular weight is 300 g/mol. The van der Waals surface area contributed by atoms with Gasteiger partial charge in [0.25, 0.3) is 5.89 Å². The van der Waals surface area contributed by atoms with Gasteiger partial charge in [-0.3, -0.25) is 0 Å². The summed E-state index contributed by atoms with van der Waals surface area (Å²) in [7, 11) is 1.79. The third-order valence-electron chi connectivity index (χ3n) is 2.42. The van der Waals surface area contributed by atoms with Gasteiger partial charge in [0.2, 0.25) is 5.89 Å². The van der Waals surface area contributed by atoms with Crippen LogP contribution in [0.4, 0.5) is 4.39 Å². The van der Waals surface area contributed by atoms with Gasteiger partial charge < -0.3 is 9.73 Å². The zero-order valence-corrected chi connectivity index (χ0v) is 11.0. The quantitative estimate of drug-likeness (QED) is 0.947. The van der Waals surface area contributed by atoms with E-state index >= 15 is 0 Å². The molecule has 1 heterocycles. The number of benzene rings is 1. The monoisotopic (exact) mass is 299 g/mol. The molecule has 1 atom stereocenters. The highest BCUT2D eigenvalue weighted by Crippen LogP contribution is 2.30. The van der Waals surface area contributed by atoms with Gasteiger partial charge >= 0.3 is 0 Å². The first-order valence-corrected chi connectivity index (χ1v) is 5.88. The second-order valence-electron chi connectivity index (χ2n) is 3.55. The van der Waals surface area contributed by atoms with Gasteiger partial charge in [-0.25, -0.2) is 4.39 Å². The molecule has 90 valence electrons. The summed E-state index contributed by atoms with van der Waals surface area (Å²) >= 11 is 3.26. The topological polar surface area (TPSA) is 51.0 Å². The largest absolute Gasteiger partial charge is 0.419 e. The van der Waals surface area contributed by atoms with Crippen molar-refractivity contribution >= 4 is 15.9 Å². The predicted octanol–water partition coefficient (Wildman–Crippen LogP) is 2.92. The molecule has 0 spiro atoms. The molecular formula is C11H11BrFN3O. The van der Waals surface area contributed by atoms with Gasteiger partial charge in [0.05, 0.1) is 11.6 Å². The van der Waals surface area contributed by atoms with E-state index in [1.54, 1.807) is 19.2 Å². The van der Waals surface area contributed by atoms with Crippen molar-refractivity contribution in [3.63, 3.8) is 0 Å². The number of hydrogen-bond donors (Lipinski definition) is 1. The maximum Gasteiger partial charge on any atom is 0.251 e. The molecule has 1 aromatic carbocycles. The Labute approximate surface area is 106 Å². The van der Waals surface area contributed by atoms with E-state index in [1.807, 2.05) is 6.92 Å². The van der Waals surface area contributed by atoms with Gasteiger partial charge in [-0.15, -0.1) is 10.2 Å². The van der Waals surface area contributed by atoms with Crippen molar-refractivity contribution in [1.29, 1.82) is 0 Å². The fourth-order valence-corrected chi connectivity index (χ4v) is 1.85. The number of hydrogen-bond acceptors (Lipinski definition) is 4. The minimum Gasteiger partial charge on any atom is -0.419 e. The molecule has 0 radical (unpaired) electrons. The van der Waals surface area contributed by atoms with Gasteiger partial charge in [0, 0.05) is 4.47 Å². The third-order valence-corrected chi connectivity index (χ3v) is 3.08. The van der Waals surface area contributed by atoms with Crippen LogP contribution in [-0.4, -0.2) is 17.2 Å². The Morgan fingerprint density at radius 3 is 2.82 bits per heavy atom. The van der Waals surface area contributed by atoms with Crippen LogP contribution >= 0.6 is 15.9 Å². The van der Waals surface area contributed by atoms with Crippen molar-refractivity contribution in [3.05, 3.63) is 34.4 Å². The highest BCUT2D eigenvalue weighted by Gasteiger charge is 2.18. The first-order chi connectivity index (χ1) is 8.13. The Morgan fingerprint density at radius 1 is 1.41 bits per heavy atom. The molecule has 2 aromatic rings. The highest BCUT2D eigenvalue weighted by atomic mass is 79.9. The molecule has 0 aliphatic rings. The molecule has 0 saturated heterocycles. The van der Waals surface area contributed by atoms with Crippen LogP contribution in [0.5, 0.6) is 0 Å². The molecule has 2 rings (SSSR count). The van der Waals surface area contributed by atoms with Crippen molar-refractivity contribution in [3.8, 4) is 11.5 Å². The first-order valence-electron chi connectivity index (χ1n) is 5.08. The van der Waals surface area contributed by atoms with E-state index in [-0.39, 0.29) is 17.5 Å². The Kier molecular flexibility index (Phi) is 3.54. The van der Waals surface area contributed by atoms with Crippen molar-refractivity contribution in [2.45, 2.75) is 13.0 Å². The van der Waals surface area contributed by atoms with Crippen LogP contribution in [0.1, 0.15) is 18.9 Å². The summed E-state index contributed by atoms with van der Waals surface area (Å²) in [6, 6.07) is 4.62. The number of aromatic nitrogens is 2. The summed E-state index contributed by atoms with van der Waals surface area (Å²) in [5.74, 6) is 0.205. The molecule has 1 N–H and O–H groups in total. The Balaban J connectivity index is 2.44. The standard InChI is InChI=1S/C11H11BrFN3O/c1-6(14-2)10-15-16-11(17-10)9-7(12)4-3-5-8(9)13/h3-6,14H,1-2H3. The van der Waals surface area contributed by atoms with Crippen molar-refractivity contribution in [2.24, 2.45) is 0 Å². The Morgan fingerprint density at radius 2 is 2.18 bits per heavy atom. The number of halogens is 2. The summed E-state index contributed by atoms with van der Waals surface area (Å²) in [5.41, 5.74) is 0.287. The lowest BCUT2D eigenvalue weighted by Crippen LogP contribution is -2.12. The van der Waals surface area contributed by atoms with Gasteiger partial charge in [-0.2, -0.15) is 0 Å².